The van der Waals surface area contributed by atoms with Crippen LogP contribution in [0.3, 0.4) is 0 Å². The Morgan fingerprint density at radius 2 is 1.82 bits per heavy atom. The fourth-order valence-electron chi connectivity index (χ4n) is 3.75. The van der Waals surface area contributed by atoms with Gasteiger partial charge in [0.05, 0.1) is 6.07 Å². The van der Waals surface area contributed by atoms with Crippen LogP contribution in [0.25, 0.3) is 0 Å². The molecular formula is C28H36N4O5S. The number of ether oxygens (including phenoxy) is 1. The third kappa shape index (κ3) is 8.99. The summed E-state index contributed by atoms with van der Waals surface area (Å²) in [5.41, 5.74) is 0.755. The van der Waals surface area contributed by atoms with Crippen molar-refractivity contribution in [1.82, 2.24) is 15.5 Å². The van der Waals surface area contributed by atoms with Gasteiger partial charge in [0, 0.05) is 12.1 Å². The lowest BCUT2D eigenvalue weighted by Gasteiger charge is -2.33. The normalized spacial score (nSPS) is 12.5. The van der Waals surface area contributed by atoms with Crippen LogP contribution >= 0.6 is 11.8 Å². The number of aromatic hydroxyl groups is 1. The average molecular weight is 541 g/mol. The minimum absolute atomic E-state index is 0.149. The van der Waals surface area contributed by atoms with Crippen LogP contribution in [0, 0.1) is 18.3 Å². The molecule has 3 N–H and O–H groups in total. The van der Waals surface area contributed by atoms with E-state index in [4.69, 9.17) is 4.74 Å². The van der Waals surface area contributed by atoms with Gasteiger partial charge >= 0.3 is 6.09 Å². The number of para-hydroxylation sites is 1. The standard InChI is InChI=1S/C28H36N4O5S/c1-19-10-9-13-21(24(19)33)23(25(34)30-18-20-11-7-6-8-12-20)32(16-15-29)26(35)22(14-17-38-5)31-27(36)37-28(2,3)4/h6-13,22-23,33H,14,16-18H2,1-5H3,(H,30,34)(H,31,36). The largest absolute Gasteiger partial charge is 0.507 e. The number of amides is 3. The number of nitriles is 1. The molecule has 0 spiro atoms. The van der Waals surface area contributed by atoms with E-state index in [-0.39, 0.29) is 24.3 Å². The Balaban J connectivity index is 2.47. The lowest BCUT2D eigenvalue weighted by molar-refractivity contribution is -0.141. The van der Waals surface area contributed by atoms with E-state index in [2.05, 4.69) is 10.6 Å². The molecule has 2 aromatic carbocycles. The topological polar surface area (TPSA) is 132 Å². The second-order valence-electron chi connectivity index (χ2n) is 9.72. The van der Waals surface area contributed by atoms with Gasteiger partial charge in [0.15, 0.2) is 0 Å². The van der Waals surface area contributed by atoms with Gasteiger partial charge < -0.3 is 25.4 Å². The zero-order valence-electron chi connectivity index (χ0n) is 22.5. The highest BCUT2D eigenvalue weighted by molar-refractivity contribution is 7.98. The van der Waals surface area contributed by atoms with Crippen molar-refractivity contribution in [2.24, 2.45) is 0 Å². The monoisotopic (exact) mass is 540 g/mol. The van der Waals surface area contributed by atoms with Gasteiger partial charge in [-0.05, 0) is 57.3 Å². The van der Waals surface area contributed by atoms with Gasteiger partial charge in [0.1, 0.15) is 30.0 Å². The molecule has 0 heterocycles. The summed E-state index contributed by atoms with van der Waals surface area (Å²) >= 11 is 1.49. The molecule has 0 fully saturated rings. The van der Waals surface area contributed by atoms with Gasteiger partial charge in [-0.3, -0.25) is 9.59 Å². The highest BCUT2D eigenvalue weighted by atomic mass is 32.2. The van der Waals surface area contributed by atoms with E-state index in [0.29, 0.717) is 11.3 Å². The van der Waals surface area contributed by atoms with Crippen LogP contribution in [0.5, 0.6) is 5.75 Å². The lowest BCUT2D eigenvalue weighted by atomic mass is 9.99. The maximum Gasteiger partial charge on any atom is 0.408 e. The van der Waals surface area contributed by atoms with Crippen LogP contribution in [0.4, 0.5) is 4.79 Å². The summed E-state index contributed by atoms with van der Waals surface area (Å²) in [6.45, 7) is 6.55. The maximum absolute atomic E-state index is 13.9. The van der Waals surface area contributed by atoms with E-state index < -0.39 is 42.1 Å². The number of hydrogen-bond acceptors (Lipinski definition) is 7. The van der Waals surface area contributed by atoms with Crippen molar-refractivity contribution in [2.75, 3.05) is 18.6 Å². The van der Waals surface area contributed by atoms with Gasteiger partial charge in [-0.15, -0.1) is 0 Å². The van der Waals surface area contributed by atoms with Crippen LogP contribution < -0.4 is 10.6 Å². The second-order valence-corrected chi connectivity index (χ2v) is 10.7. The van der Waals surface area contributed by atoms with Crippen LogP contribution in [0.15, 0.2) is 48.5 Å². The molecule has 204 valence electrons. The van der Waals surface area contributed by atoms with Gasteiger partial charge in [-0.25, -0.2) is 4.79 Å². The van der Waals surface area contributed by atoms with Crippen molar-refractivity contribution in [2.45, 2.75) is 58.3 Å². The molecule has 10 heteroatoms. The number of thioether (sulfide) groups is 1. The van der Waals surface area contributed by atoms with Crippen LogP contribution in [-0.2, 0) is 20.9 Å². The Labute approximate surface area is 228 Å². The molecule has 0 aliphatic heterocycles. The number of phenols is 1. The zero-order chi connectivity index (χ0) is 28.3. The predicted molar refractivity (Wildman–Crippen MR) is 147 cm³/mol. The molecule has 38 heavy (non-hydrogen) atoms. The molecule has 0 bridgehead atoms. The molecular weight excluding hydrogens is 504 g/mol. The van der Waals surface area contributed by atoms with Crippen molar-refractivity contribution < 1.29 is 24.2 Å². The summed E-state index contributed by atoms with van der Waals surface area (Å²) in [4.78, 5) is 41.1. The highest BCUT2D eigenvalue weighted by Gasteiger charge is 2.37. The minimum atomic E-state index is -1.32. The lowest BCUT2D eigenvalue weighted by Crippen LogP contribution is -2.53. The molecule has 0 aromatic heterocycles. The number of nitrogens with zero attached hydrogens (tertiary/aromatic N) is 2. The number of aryl methyl sites for hydroxylation is 1. The summed E-state index contributed by atoms with van der Waals surface area (Å²) in [5.74, 6) is -0.817. The Bertz CT molecular complexity index is 1140. The van der Waals surface area contributed by atoms with Crippen molar-refractivity contribution in [3.8, 4) is 11.8 Å². The molecule has 0 radical (unpaired) electrons. The summed E-state index contributed by atoms with van der Waals surface area (Å²) < 4.78 is 5.34. The predicted octanol–water partition coefficient (Wildman–Crippen LogP) is 4.06. The van der Waals surface area contributed by atoms with E-state index in [1.54, 1.807) is 45.9 Å². The first-order chi connectivity index (χ1) is 18.0. The van der Waals surface area contributed by atoms with Gasteiger partial charge in [-0.1, -0.05) is 48.5 Å². The van der Waals surface area contributed by atoms with Crippen molar-refractivity contribution >= 4 is 29.7 Å². The third-order valence-electron chi connectivity index (χ3n) is 5.56. The second kappa shape index (κ2) is 14.3. The summed E-state index contributed by atoms with van der Waals surface area (Å²) in [6, 6.07) is 13.7. The first-order valence-corrected chi connectivity index (χ1v) is 13.6. The SMILES string of the molecule is CSCCC(NC(=O)OC(C)(C)C)C(=O)N(CC#N)C(C(=O)NCc1ccccc1)c1cccc(C)c1O. The Kier molecular flexibility index (Phi) is 11.5. The molecule has 0 aliphatic rings. The number of hydrogen-bond donors (Lipinski definition) is 3. The first kappa shape index (κ1) is 30.5. The summed E-state index contributed by atoms with van der Waals surface area (Å²) in [7, 11) is 0. The average Bonchev–Trinajstić information content (AvgIpc) is 2.86. The fourth-order valence-corrected chi connectivity index (χ4v) is 4.22. The molecule has 0 aliphatic carbocycles. The van der Waals surface area contributed by atoms with Crippen LogP contribution in [0.2, 0.25) is 0 Å². The molecule has 0 saturated carbocycles. The minimum Gasteiger partial charge on any atom is -0.507 e. The molecule has 0 saturated heterocycles. The van der Waals surface area contributed by atoms with Crippen molar-refractivity contribution in [1.29, 1.82) is 5.26 Å². The number of nitrogens with one attached hydrogen (secondary N) is 2. The number of rotatable bonds is 11. The number of phenolic OH excluding ortho intramolecular Hbond substituents is 1. The molecule has 2 rings (SSSR count). The van der Waals surface area contributed by atoms with Crippen LogP contribution in [-0.4, -0.2) is 58.1 Å². The Hall–Kier alpha value is -3.71. The number of carbonyl (C=O) groups is 3. The van der Waals surface area contributed by atoms with Crippen LogP contribution in [0.1, 0.15) is 49.9 Å². The molecule has 9 nitrogen and oxygen atoms in total. The van der Waals surface area contributed by atoms with Crippen molar-refractivity contribution in [3.05, 3.63) is 65.2 Å². The zero-order valence-corrected chi connectivity index (χ0v) is 23.3. The van der Waals surface area contributed by atoms with E-state index >= 15 is 0 Å². The fraction of sp³-hybridized carbons (Fsp3) is 0.429. The van der Waals surface area contributed by atoms with E-state index in [0.717, 1.165) is 10.5 Å². The third-order valence-corrected chi connectivity index (χ3v) is 6.20. The van der Waals surface area contributed by atoms with E-state index in [9.17, 15) is 24.8 Å². The van der Waals surface area contributed by atoms with E-state index in [1.807, 2.05) is 42.7 Å². The summed E-state index contributed by atoms with van der Waals surface area (Å²) in [6.07, 6.45) is 1.34. The number of benzene rings is 2. The quantitative estimate of drug-likeness (QED) is 0.366. The maximum atomic E-state index is 13.9. The molecule has 2 atom stereocenters. The highest BCUT2D eigenvalue weighted by Crippen LogP contribution is 2.32. The van der Waals surface area contributed by atoms with Gasteiger partial charge in [-0.2, -0.15) is 17.0 Å². The Morgan fingerprint density at radius 1 is 1.13 bits per heavy atom. The Morgan fingerprint density at radius 3 is 2.42 bits per heavy atom. The van der Waals surface area contributed by atoms with Gasteiger partial charge in [0.2, 0.25) is 11.8 Å². The first-order valence-electron chi connectivity index (χ1n) is 12.2. The summed E-state index contributed by atoms with van der Waals surface area (Å²) in [5, 5.41) is 25.9. The molecule has 2 aromatic rings. The van der Waals surface area contributed by atoms with E-state index in [1.165, 1.54) is 11.8 Å². The smallest absolute Gasteiger partial charge is 0.408 e. The van der Waals surface area contributed by atoms with Gasteiger partial charge in [0.25, 0.3) is 0 Å². The van der Waals surface area contributed by atoms with Crippen molar-refractivity contribution in [3.63, 3.8) is 0 Å². The molecule has 3 amide bonds. The molecule has 2 unspecified atom stereocenters. The number of carbonyl (C=O) groups excluding carboxylic acids is 3. The number of alkyl carbamates (subject to hydrolysis) is 1.